The molecule has 0 bridgehead atoms. The Morgan fingerprint density at radius 3 is 2.50 bits per heavy atom. The fourth-order valence-corrected chi connectivity index (χ4v) is 2.98. The molecule has 6 heteroatoms. The summed E-state index contributed by atoms with van der Waals surface area (Å²) in [4.78, 5) is 17.2. The van der Waals surface area contributed by atoms with Gasteiger partial charge in [0, 0.05) is 17.4 Å². The van der Waals surface area contributed by atoms with Crippen LogP contribution in [-0.2, 0) is 0 Å². The number of aromatic nitrogens is 3. The molecule has 2 heterocycles. The van der Waals surface area contributed by atoms with Crippen molar-refractivity contribution >= 4 is 23.2 Å². The summed E-state index contributed by atoms with van der Waals surface area (Å²) in [5.74, 6) is -0.234. The first kappa shape index (κ1) is 16.3. The molecule has 0 radical (unpaired) electrons. The van der Waals surface area contributed by atoms with Crippen LogP contribution in [0.2, 0.25) is 5.02 Å². The standard InChI is InChI=1S/C20H15ClN4O/c21-16-9-7-15(8-10-16)18(14-5-2-1-3-6-14)24-20(26)17-13-23-25-12-4-11-22-19(17)25/h1-13,18H,(H,24,26)/t18-/m1/s1. The van der Waals surface area contributed by atoms with Crippen molar-refractivity contribution in [2.75, 3.05) is 0 Å². The number of fused-ring (bicyclic) bond motifs is 1. The van der Waals surface area contributed by atoms with Gasteiger partial charge < -0.3 is 5.32 Å². The Morgan fingerprint density at radius 2 is 1.73 bits per heavy atom. The van der Waals surface area contributed by atoms with Gasteiger partial charge in [-0.2, -0.15) is 5.10 Å². The topological polar surface area (TPSA) is 59.3 Å². The molecule has 0 fully saturated rings. The summed E-state index contributed by atoms with van der Waals surface area (Å²) in [7, 11) is 0. The molecular weight excluding hydrogens is 348 g/mol. The lowest BCUT2D eigenvalue weighted by Crippen LogP contribution is -2.29. The number of carbonyl (C=O) groups is 1. The Balaban J connectivity index is 1.70. The number of nitrogens with zero attached hydrogens (tertiary/aromatic N) is 3. The Kier molecular flexibility index (Phi) is 4.37. The summed E-state index contributed by atoms with van der Waals surface area (Å²) in [5.41, 5.74) is 2.87. The van der Waals surface area contributed by atoms with E-state index in [4.69, 9.17) is 11.6 Å². The summed E-state index contributed by atoms with van der Waals surface area (Å²) in [6.07, 6.45) is 4.93. The van der Waals surface area contributed by atoms with E-state index in [0.717, 1.165) is 11.1 Å². The number of carbonyl (C=O) groups excluding carboxylic acids is 1. The smallest absolute Gasteiger partial charge is 0.257 e. The highest BCUT2D eigenvalue weighted by atomic mass is 35.5. The molecule has 4 aromatic rings. The first-order valence-corrected chi connectivity index (χ1v) is 8.50. The SMILES string of the molecule is O=C(N[C@H](c1ccccc1)c1ccc(Cl)cc1)c1cnn2cccnc12. The van der Waals surface area contributed by atoms with Gasteiger partial charge in [0.15, 0.2) is 5.65 Å². The monoisotopic (exact) mass is 362 g/mol. The average molecular weight is 363 g/mol. The van der Waals surface area contributed by atoms with Crippen LogP contribution in [0.1, 0.15) is 27.5 Å². The van der Waals surface area contributed by atoms with Crippen molar-refractivity contribution in [3.05, 3.63) is 101 Å². The molecule has 2 aromatic heterocycles. The van der Waals surface area contributed by atoms with E-state index in [1.807, 2.05) is 54.6 Å². The van der Waals surface area contributed by atoms with Gasteiger partial charge in [-0.25, -0.2) is 9.50 Å². The average Bonchev–Trinajstić information content (AvgIpc) is 3.12. The van der Waals surface area contributed by atoms with Gasteiger partial charge in [-0.05, 0) is 29.3 Å². The minimum absolute atomic E-state index is 0.234. The maximum atomic E-state index is 12.9. The second-order valence-electron chi connectivity index (χ2n) is 5.81. The first-order valence-electron chi connectivity index (χ1n) is 8.12. The van der Waals surface area contributed by atoms with E-state index in [0.29, 0.717) is 16.2 Å². The summed E-state index contributed by atoms with van der Waals surface area (Å²) in [5, 5.41) is 7.92. The lowest BCUT2D eigenvalue weighted by Gasteiger charge is -2.19. The molecule has 0 saturated heterocycles. The zero-order chi connectivity index (χ0) is 17.9. The van der Waals surface area contributed by atoms with E-state index < -0.39 is 0 Å². The molecule has 0 aliphatic carbocycles. The molecule has 0 saturated carbocycles. The Labute approximate surface area is 155 Å². The van der Waals surface area contributed by atoms with Crippen molar-refractivity contribution in [1.82, 2.24) is 19.9 Å². The summed E-state index contributed by atoms with van der Waals surface area (Å²) in [6.45, 7) is 0. The molecule has 26 heavy (non-hydrogen) atoms. The molecule has 128 valence electrons. The van der Waals surface area contributed by atoms with Gasteiger partial charge in [0.2, 0.25) is 0 Å². The van der Waals surface area contributed by atoms with Crippen LogP contribution < -0.4 is 5.32 Å². The third-order valence-corrected chi connectivity index (χ3v) is 4.39. The van der Waals surface area contributed by atoms with Crippen LogP contribution in [0, 0.1) is 0 Å². The van der Waals surface area contributed by atoms with Gasteiger partial charge in [0.25, 0.3) is 5.91 Å². The largest absolute Gasteiger partial charge is 0.341 e. The van der Waals surface area contributed by atoms with Crippen molar-refractivity contribution in [1.29, 1.82) is 0 Å². The number of nitrogens with one attached hydrogen (secondary N) is 1. The maximum Gasteiger partial charge on any atom is 0.257 e. The van der Waals surface area contributed by atoms with E-state index in [1.54, 1.807) is 23.0 Å². The molecular formula is C20H15ClN4O. The van der Waals surface area contributed by atoms with Gasteiger partial charge in [0.1, 0.15) is 5.56 Å². The summed E-state index contributed by atoms with van der Waals surface area (Å²) in [6, 6.07) is 18.7. The van der Waals surface area contributed by atoms with Gasteiger partial charge in [0.05, 0.1) is 12.2 Å². The van der Waals surface area contributed by atoms with Gasteiger partial charge in [-0.3, -0.25) is 4.79 Å². The normalized spacial score (nSPS) is 12.0. The third-order valence-electron chi connectivity index (χ3n) is 4.14. The highest BCUT2D eigenvalue weighted by Crippen LogP contribution is 2.24. The number of halogens is 1. The van der Waals surface area contributed by atoms with Crippen LogP contribution in [0.4, 0.5) is 0 Å². The second-order valence-corrected chi connectivity index (χ2v) is 6.25. The summed E-state index contributed by atoms with van der Waals surface area (Å²) >= 11 is 6.01. The third kappa shape index (κ3) is 3.17. The predicted octanol–water partition coefficient (Wildman–Crippen LogP) is 3.90. The Hall–Kier alpha value is -3.18. The first-order chi connectivity index (χ1) is 12.7. The van der Waals surface area contributed by atoms with Crippen LogP contribution in [0.15, 0.2) is 79.3 Å². The molecule has 5 nitrogen and oxygen atoms in total. The summed E-state index contributed by atoms with van der Waals surface area (Å²) < 4.78 is 1.58. The Morgan fingerprint density at radius 1 is 1.00 bits per heavy atom. The molecule has 0 aliphatic heterocycles. The van der Waals surface area contributed by atoms with Crippen LogP contribution in [-0.4, -0.2) is 20.5 Å². The molecule has 0 spiro atoms. The maximum absolute atomic E-state index is 12.9. The van der Waals surface area contributed by atoms with Crippen LogP contribution in [0.25, 0.3) is 5.65 Å². The van der Waals surface area contributed by atoms with Crippen LogP contribution >= 0.6 is 11.6 Å². The Bertz CT molecular complexity index is 1040. The van der Waals surface area contributed by atoms with Gasteiger partial charge >= 0.3 is 0 Å². The fraction of sp³-hybridized carbons (Fsp3) is 0.0500. The molecule has 1 amide bonds. The van der Waals surface area contributed by atoms with E-state index in [-0.39, 0.29) is 11.9 Å². The minimum atomic E-state index is -0.306. The fourth-order valence-electron chi connectivity index (χ4n) is 2.86. The zero-order valence-corrected chi connectivity index (χ0v) is 14.5. The van der Waals surface area contributed by atoms with Gasteiger partial charge in [-0.15, -0.1) is 0 Å². The molecule has 2 aromatic carbocycles. The lowest BCUT2D eigenvalue weighted by molar-refractivity contribution is 0.0944. The van der Waals surface area contributed by atoms with Crippen LogP contribution in [0.5, 0.6) is 0 Å². The van der Waals surface area contributed by atoms with E-state index in [1.165, 1.54) is 6.20 Å². The number of amides is 1. The number of rotatable bonds is 4. The molecule has 0 unspecified atom stereocenters. The lowest BCUT2D eigenvalue weighted by atomic mass is 9.98. The van der Waals surface area contributed by atoms with E-state index in [9.17, 15) is 4.79 Å². The number of hydrogen-bond acceptors (Lipinski definition) is 3. The highest BCUT2D eigenvalue weighted by Gasteiger charge is 2.20. The predicted molar refractivity (Wildman–Crippen MR) is 100 cm³/mol. The van der Waals surface area contributed by atoms with Crippen molar-refractivity contribution in [2.24, 2.45) is 0 Å². The van der Waals surface area contributed by atoms with Gasteiger partial charge in [-0.1, -0.05) is 54.1 Å². The molecule has 4 rings (SSSR count). The zero-order valence-electron chi connectivity index (χ0n) is 13.7. The van der Waals surface area contributed by atoms with Crippen molar-refractivity contribution in [3.8, 4) is 0 Å². The molecule has 1 atom stereocenters. The number of benzene rings is 2. The van der Waals surface area contributed by atoms with Crippen LogP contribution in [0.3, 0.4) is 0 Å². The van der Waals surface area contributed by atoms with E-state index in [2.05, 4.69) is 15.4 Å². The van der Waals surface area contributed by atoms with Crippen molar-refractivity contribution < 1.29 is 4.79 Å². The second kappa shape index (κ2) is 6.98. The highest BCUT2D eigenvalue weighted by molar-refractivity contribution is 6.30. The minimum Gasteiger partial charge on any atom is -0.341 e. The van der Waals surface area contributed by atoms with Crippen molar-refractivity contribution in [3.63, 3.8) is 0 Å². The van der Waals surface area contributed by atoms with E-state index >= 15 is 0 Å². The molecule has 0 aliphatic rings. The quantitative estimate of drug-likeness (QED) is 0.599. The number of hydrogen-bond donors (Lipinski definition) is 1. The van der Waals surface area contributed by atoms with Crippen molar-refractivity contribution in [2.45, 2.75) is 6.04 Å². The molecule has 1 N–H and O–H groups in total.